The number of rotatable bonds is 6. The molecule has 2 N–H and O–H groups in total. The van der Waals surface area contributed by atoms with Crippen molar-refractivity contribution in [3.63, 3.8) is 0 Å². The van der Waals surface area contributed by atoms with Gasteiger partial charge in [0.1, 0.15) is 0 Å². The van der Waals surface area contributed by atoms with Crippen LogP contribution in [-0.4, -0.2) is 42.6 Å². The van der Waals surface area contributed by atoms with Crippen LogP contribution in [-0.2, 0) is 17.8 Å². The second kappa shape index (κ2) is 10.1. The molecule has 1 amide bonds. The molecule has 0 spiro atoms. The summed E-state index contributed by atoms with van der Waals surface area (Å²) in [6, 6.07) is 22.7. The van der Waals surface area contributed by atoms with Gasteiger partial charge in [0.15, 0.2) is 0 Å². The fourth-order valence-corrected chi connectivity index (χ4v) is 5.04. The van der Waals surface area contributed by atoms with Gasteiger partial charge < -0.3 is 19.9 Å². The van der Waals surface area contributed by atoms with Gasteiger partial charge in [-0.2, -0.15) is 0 Å². The lowest BCUT2D eigenvalue weighted by Gasteiger charge is -2.32. The first-order valence-corrected chi connectivity index (χ1v) is 12.2. The lowest BCUT2D eigenvalue weighted by molar-refractivity contribution is 0.0713. The third-order valence-corrected chi connectivity index (χ3v) is 7.05. The van der Waals surface area contributed by atoms with Crippen molar-refractivity contribution in [3.8, 4) is 11.1 Å². The minimum Gasteiger partial charge on any atom is -0.423 e. The molecule has 0 saturated carbocycles. The summed E-state index contributed by atoms with van der Waals surface area (Å²) in [5, 5.41) is 13.2. The van der Waals surface area contributed by atoms with E-state index in [1.54, 1.807) is 0 Å². The minimum atomic E-state index is -0.824. The first-order chi connectivity index (χ1) is 16.6. The van der Waals surface area contributed by atoms with Crippen molar-refractivity contribution in [2.24, 2.45) is 0 Å². The van der Waals surface area contributed by atoms with E-state index in [2.05, 4.69) is 42.6 Å². The number of nitrogens with zero attached hydrogens (tertiary/aromatic N) is 1. The maximum atomic E-state index is 13.1. The quantitative estimate of drug-likeness (QED) is 0.558. The maximum absolute atomic E-state index is 13.1. The molecule has 0 bridgehead atoms. The highest BCUT2D eigenvalue weighted by molar-refractivity contribution is 6.61. The molecule has 0 atom stereocenters. The number of amides is 1. The second-order valence-electron chi connectivity index (χ2n) is 9.25. The van der Waals surface area contributed by atoms with E-state index in [-0.39, 0.29) is 5.91 Å². The van der Waals surface area contributed by atoms with Crippen LogP contribution in [0.5, 0.6) is 0 Å². The molecule has 1 saturated heterocycles. The summed E-state index contributed by atoms with van der Waals surface area (Å²) >= 11 is 0. The summed E-state index contributed by atoms with van der Waals surface area (Å²) in [7, 11) is -0.824. The molecule has 0 unspecified atom stereocenters. The van der Waals surface area contributed by atoms with Crippen LogP contribution < -0.4 is 10.8 Å². The summed E-state index contributed by atoms with van der Waals surface area (Å²) in [5.41, 5.74) is 7.41. The van der Waals surface area contributed by atoms with Gasteiger partial charge in [-0.3, -0.25) is 4.79 Å². The van der Waals surface area contributed by atoms with Crippen molar-refractivity contribution in [1.29, 1.82) is 0 Å². The van der Waals surface area contributed by atoms with E-state index in [9.17, 15) is 9.82 Å². The van der Waals surface area contributed by atoms with Gasteiger partial charge in [-0.05, 0) is 76.8 Å². The minimum absolute atomic E-state index is 0.108. The summed E-state index contributed by atoms with van der Waals surface area (Å²) in [4.78, 5) is 15.1. The molecule has 0 radical (unpaired) electrons. The Morgan fingerprint density at radius 3 is 2.59 bits per heavy atom. The average Bonchev–Trinajstić information content (AvgIpc) is 3.27. The van der Waals surface area contributed by atoms with Crippen LogP contribution in [0.15, 0.2) is 66.7 Å². The molecule has 0 aliphatic carbocycles. The normalized spacial score (nSPS) is 16.1. The molecule has 174 valence electrons. The maximum Gasteiger partial charge on any atom is 0.491 e. The summed E-state index contributed by atoms with van der Waals surface area (Å²) < 4.78 is 5.29. The highest BCUT2D eigenvalue weighted by Crippen LogP contribution is 2.30. The molecule has 1 fully saturated rings. The van der Waals surface area contributed by atoms with E-state index >= 15 is 0 Å². The fraction of sp³-hybridized carbons (Fsp3) is 0.321. The Bertz CT molecular complexity index is 1160. The van der Waals surface area contributed by atoms with Crippen molar-refractivity contribution in [1.82, 2.24) is 10.2 Å². The number of benzene rings is 3. The molecule has 5 nitrogen and oxygen atoms in total. The van der Waals surface area contributed by atoms with Gasteiger partial charge in [0.2, 0.25) is 0 Å². The first kappa shape index (κ1) is 22.8. The average molecular weight is 454 g/mol. The highest BCUT2D eigenvalue weighted by Gasteiger charge is 2.27. The molecule has 2 heterocycles. The molecule has 6 heteroatoms. The smallest absolute Gasteiger partial charge is 0.423 e. The zero-order chi connectivity index (χ0) is 23.5. The molecule has 34 heavy (non-hydrogen) atoms. The van der Waals surface area contributed by atoms with E-state index in [0.29, 0.717) is 12.5 Å². The monoisotopic (exact) mass is 454 g/mol. The molecule has 5 rings (SSSR count). The zero-order valence-electron chi connectivity index (χ0n) is 19.7. The number of fused-ring (bicyclic) bond motifs is 1. The molecule has 3 aromatic rings. The predicted molar refractivity (Wildman–Crippen MR) is 136 cm³/mol. The van der Waals surface area contributed by atoms with E-state index in [4.69, 9.17) is 4.65 Å². The number of piperidine rings is 1. The molecular weight excluding hydrogens is 423 g/mol. The number of carbonyl (C=O) groups is 1. The van der Waals surface area contributed by atoms with Gasteiger partial charge in [-0.25, -0.2) is 0 Å². The molecular formula is C28H31BN2O3. The third-order valence-electron chi connectivity index (χ3n) is 7.05. The molecule has 2 aliphatic heterocycles. The van der Waals surface area contributed by atoms with Gasteiger partial charge in [0.25, 0.3) is 5.91 Å². The number of hydrogen-bond acceptors (Lipinski definition) is 4. The lowest BCUT2D eigenvalue weighted by atomic mass is 9.79. The van der Waals surface area contributed by atoms with Gasteiger partial charge in [-0.1, -0.05) is 55.5 Å². The Hall–Kier alpha value is -2.93. The largest absolute Gasteiger partial charge is 0.491 e. The summed E-state index contributed by atoms with van der Waals surface area (Å²) in [6.45, 7) is 6.00. The van der Waals surface area contributed by atoms with Crippen LogP contribution in [0.2, 0.25) is 0 Å². The van der Waals surface area contributed by atoms with Crippen LogP contribution in [0, 0.1) is 0 Å². The van der Waals surface area contributed by atoms with Crippen LogP contribution >= 0.6 is 0 Å². The van der Waals surface area contributed by atoms with Crippen molar-refractivity contribution in [2.75, 3.05) is 19.6 Å². The van der Waals surface area contributed by atoms with Crippen LogP contribution in [0.4, 0.5) is 0 Å². The zero-order valence-corrected chi connectivity index (χ0v) is 19.7. The standard InChI is InChI=1S/C28H31BN2O3/c1-2-30-18-20-4-3-5-24(16-20)22-12-14-31(15-13-22)28(32)23-8-6-21(7-9-23)25-10-11-27-26(17-25)19-34-29(27)33/h3-11,16-17,22,30,33H,2,12-15,18-19H2,1H3. The van der Waals surface area contributed by atoms with E-state index in [1.807, 2.05) is 41.3 Å². The fourth-order valence-electron chi connectivity index (χ4n) is 5.04. The van der Waals surface area contributed by atoms with E-state index < -0.39 is 7.12 Å². The van der Waals surface area contributed by atoms with Gasteiger partial charge in [0, 0.05) is 25.2 Å². The van der Waals surface area contributed by atoms with E-state index in [1.165, 1.54) is 11.1 Å². The van der Waals surface area contributed by atoms with Gasteiger partial charge in [-0.15, -0.1) is 0 Å². The Balaban J connectivity index is 1.21. The van der Waals surface area contributed by atoms with Crippen LogP contribution in [0.3, 0.4) is 0 Å². The van der Waals surface area contributed by atoms with Crippen molar-refractivity contribution < 1.29 is 14.5 Å². The Morgan fingerprint density at radius 2 is 1.82 bits per heavy atom. The Labute approximate surface area is 201 Å². The number of hydrogen-bond donors (Lipinski definition) is 2. The van der Waals surface area contributed by atoms with Gasteiger partial charge >= 0.3 is 7.12 Å². The van der Waals surface area contributed by atoms with Crippen molar-refractivity contribution in [3.05, 3.63) is 89.0 Å². The van der Waals surface area contributed by atoms with Crippen molar-refractivity contribution >= 4 is 18.5 Å². The predicted octanol–water partition coefficient (Wildman–Crippen LogP) is 3.70. The molecule has 2 aliphatic rings. The van der Waals surface area contributed by atoms with Crippen LogP contribution in [0.1, 0.15) is 52.7 Å². The Kier molecular flexibility index (Phi) is 6.81. The van der Waals surface area contributed by atoms with Gasteiger partial charge in [0.05, 0.1) is 6.61 Å². The Morgan fingerprint density at radius 1 is 1.06 bits per heavy atom. The lowest BCUT2D eigenvalue weighted by Crippen LogP contribution is -2.37. The summed E-state index contributed by atoms with van der Waals surface area (Å²) in [5.74, 6) is 0.617. The molecule has 0 aromatic heterocycles. The topological polar surface area (TPSA) is 61.8 Å². The van der Waals surface area contributed by atoms with Crippen LogP contribution in [0.25, 0.3) is 11.1 Å². The number of carbonyl (C=O) groups excluding carboxylic acids is 1. The SMILES string of the molecule is CCNCc1cccc(C2CCN(C(=O)c3ccc(-c4ccc5c(c4)COB5O)cc3)CC2)c1. The number of nitrogens with one attached hydrogen (secondary N) is 1. The highest BCUT2D eigenvalue weighted by atomic mass is 16.5. The first-order valence-electron chi connectivity index (χ1n) is 12.2. The molecule has 3 aromatic carbocycles. The van der Waals surface area contributed by atoms with Crippen molar-refractivity contribution in [2.45, 2.75) is 38.8 Å². The third kappa shape index (κ3) is 4.80. The van der Waals surface area contributed by atoms with E-state index in [0.717, 1.165) is 66.7 Å². The number of likely N-dealkylation sites (tertiary alicyclic amines) is 1. The second-order valence-corrected chi connectivity index (χ2v) is 9.25. The summed E-state index contributed by atoms with van der Waals surface area (Å²) in [6.07, 6.45) is 2.00.